The molecule has 4 rings (SSSR count). The van der Waals surface area contributed by atoms with Gasteiger partial charge in [0.05, 0.1) is 5.56 Å². The van der Waals surface area contributed by atoms with Gasteiger partial charge in [0, 0.05) is 11.0 Å². The Balaban J connectivity index is 1.90. The fourth-order valence-electron chi connectivity index (χ4n) is 5.78. The first-order chi connectivity index (χ1) is 11.7. The lowest BCUT2D eigenvalue weighted by Gasteiger charge is -2.52. The molecule has 0 unspecified atom stereocenters. The van der Waals surface area contributed by atoms with Gasteiger partial charge in [-0.25, -0.2) is 0 Å². The van der Waals surface area contributed by atoms with Crippen LogP contribution in [0.25, 0.3) is 0 Å². The number of phenols is 2. The van der Waals surface area contributed by atoms with E-state index in [1.807, 2.05) is 0 Å². The Hall–Kier alpha value is -2.04. The SMILES string of the molecule is CC(=O)c1c(O)c(C=O)c2c(c1O)CC[C@@]1(O2)[C@@H]2CC[C@@H](C2)C1(C)C. The lowest BCUT2D eigenvalue weighted by Crippen LogP contribution is -2.55. The van der Waals surface area contributed by atoms with E-state index in [9.17, 15) is 19.8 Å². The Morgan fingerprint density at radius 1 is 1.20 bits per heavy atom. The van der Waals surface area contributed by atoms with Crippen molar-refractivity contribution in [3.05, 3.63) is 16.7 Å². The first-order valence-corrected chi connectivity index (χ1v) is 9.00. The molecule has 2 aliphatic carbocycles. The summed E-state index contributed by atoms with van der Waals surface area (Å²) in [6.45, 7) is 5.72. The van der Waals surface area contributed by atoms with Crippen molar-refractivity contribution in [3.63, 3.8) is 0 Å². The zero-order valence-corrected chi connectivity index (χ0v) is 14.9. The molecule has 2 bridgehead atoms. The number of ketones is 1. The number of phenolic OH excluding ortho intramolecular Hbond substituents is 2. The number of rotatable bonds is 2. The second-order valence-electron chi connectivity index (χ2n) is 8.39. The summed E-state index contributed by atoms with van der Waals surface area (Å²) in [4.78, 5) is 23.5. The average molecular weight is 344 g/mol. The van der Waals surface area contributed by atoms with Gasteiger partial charge in [0.1, 0.15) is 28.4 Å². The van der Waals surface area contributed by atoms with Gasteiger partial charge in [-0.2, -0.15) is 0 Å². The summed E-state index contributed by atoms with van der Waals surface area (Å²) in [5, 5.41) is 20.9. The highest BCUT2D eigenvalue weighted by molar-refractivity contribution is 6.04. The smallest absolute Gasteiger partial charge is 0.167 e. The van der Waals surface area contributed by atoms with E-state index < -0.39 is 11.5 Å². The number of hydrogen-bond donors (Lipinski definition) is 2. The van der Waals surface area contributed by atoms with Crippen LogP contribution in [-0.4, -0.2) is 27.9 Å². The van der Waals surface area contributed by atoms with E-state index in [0.29, 0.717) is 30.1 Å². The summed E-state index contributed by atoms with van der Waals surface area (Å²) >= 11 is 0. The van der Waals surface area contributed by atoms with Crippen molar-refractivity contribution in [2.24, 2.45) is 17.3 Å². The van der Waals surface area contributed by atoms with E-state index in [1.54, 1.807) is 0 Å². The quantitative estimate of drug-likeness (QED) is 0.632. The van der Waals surface area contributed by atoms with Gasteiger partial charge in [-0.3, -0.25) is 9.59 Å². The van der Waals surface area contributed by atoms with Gasteiger partial charge in [0.2, 0.25) is 0 Å². The van der Waals surface area contributed by atoms with E-state index in [4.69, 9.17) is 4.74 Å². The molecule has 0 radical (unpaired) electrons. The van der Waals surface area contributed by atoms with Gasteiger partial charge in [-0.15, -0.1) is 0 Å². The lowest BCUT2D eigenvalue weighted by molar-refractivity contribution is -0.0975. The van der Waals surface area contributed by atoms with Crippen LogP contribution in [-0.2, 0) is 6.42 Å². The van der Waals surface area contributed by atoms with E-state index in [1.165, 1.54) is 13.3 Å². The molecule has 5 nitrogen and oxygen atoms in total. The molecular formula is C20H24O5. The van der Waals surface area contributed by atoms with Crippen molar-refractivity contribution in [1.82, 2.24) is 0 Å². The second kappa shape index (κ2) is 4.99. The van der Waals surface area contributed by atoms with Crippen molar-refractivity contribution < 1.29 is 24.5 Å². The summed E-state index contributed by atoms with van der Waals surface area (Å²) in [5.41, 5.74) is -0.146. The lowest BCUT2D eigenvalue weighted by atomic mass is 9.62. The molecule has 0 aromatic heterocycles. The first-order valence-electron chi connectivity index (χ1n) is 9.00. The maximum Gasteiger partial charge on any atom is 0.167 e. The molecule has 1 aromatic carbocycles. The largest absolute Gasteiger partial charge is 0.507 e. The van der Waals surface area contributed by atoms with Gasteiger partial charge < -0.3 is 14.9 Å². The Morgan fingerprint density at radius 2 is 1.88 bits per heavy atom. The predicted molar refractivity (Wildman–Crippen MR) is 91.5 cm³/mol. The molecule has 5 heteroatoms. The normalized spacial score (nSPS) is 31.6. The fraction of sp³-hybridized carbons (Fsp3) is 0.600. The summed E-state index contributed by atoms with van der Waals surface area (Å²) in [6, 6.07) is 0. The standard InChI is InChI=1S/C20H24O5/c1-10(22)15-16(23)13-6-7-20(25-18(13)14(9-21)17(15)24)12-5-4-11(8-12)19(20,2)3/h9,11-12,23-24H,4-8H2,1-3H3/t11-,12+,20+/m0/s1. The summed E-state index contributed by atoms with van der Waals surface area (Å²) in [7, 11) is 0. The number of carbonyl (C=O) groups is 2. The zero-order chi connectivity index (χ0) is 18.1. The maximum absolute atomic E-state index is 11.8. The number of ether oxygens (including phenoxy) is 1. The number of aromatic hydroxyl groups is 2. The topological polar surface area (TPSA) is 83.8 Å². The first kappa shape index (κ1) is 16.4. The van der Waals surface area contributed by atoms with Crippen LogP contribution in [0.3, 0.4) is 0 Å². The molecule has 1 heterocycles. The van der Waals surface area contributed by atoms with Gasteiger partial charge in [0.15, 0.2) is 12.1 Å². The van der Waals surface area contributed by atoms with E-state index in [-0.39, 0.29) is 33.6 Å². The summed E-state index contributed by atoms with van der Waals surface area (Å²) < 4.78 is 6.49. The Kier molecular flexibility index (Phi) is 3.28. The molecule has 1 aromatic rings. The monoisotopic (exact) mass is 344 g/mol. The predicted octanol–water partition coefficient (Wildman–Crippen LogP) is 3.63. The highest BCUT2D eigenvalue weighted by Gasteiger charge is 2.65. The Morgan fingerprint density at radius 3 is 2.44 bits per heavy atom. The van der Waals surface area contributed by atoms with Crippen LogP contribution in [0, 0.1) is 17.3 Å². The molecule has 25 heavy (non-hydrogen) atoms. The molecule has 2 fully saturated rings. The van der Waals surface area contributed by atoms with Crippen LogP contribution < -0.4 is 4.74 Å². The highest BCUT2D eigenvalue weighted by atomic mass is 16.5. The van der Waals surface area contributed by atoms with E-state index >= 15 is 0 Å². The number of fused-ring (bicyclic) bond motifs is 4. The molecule has 3 aliphatic rings. The van der Waals surface area contributed by atoms with Crippen LogP contribution in [0.5, 0.6) is 17.2 Å². The summed E-state index contributed by atoms with van der Waals surface area (Å²) in [6.07, 6.45) is 5.26. The molecule has 0 saturated heterocycles. The van der Waals surface area contributed by atoms with Gasteiger partial charge in [-0.1, -0.05) is 13.8 Å². The average Bonchev–Trinajstić information content (AvgIpc) is 3.10. The van der Waals surface area contributed by atoms with Crippen molar-refractivity contribution in [2.45, 2.75) is 58.5 Å². The molecule has 134 valence electrons. The number of hydrogen-bond acceptors (Lipinski definition) is 5. The molecular weight excluding hydrogens is 320 g/mol. The minimum Gasteiger partial charge on any atom is -0.507 e. The molecule has 0 amide bonds. The van der Waals surface area contributed by atoms with E-state index in [2.05, 4.69) is 13.8 Å². The van der Waals surface area contributed by atoms with Crippen LogP contribution in [0.1, 0.15) is 72.7 Å². The molecule has 2 N–H and O–H groups in total. The molecule has 1 spiro atoms. The molecule has 1 aliphatic heterocycles. The highest BCUT2D eigenvalue weighted by Crippen LogP contribution is 2.66. The third-order valence-electron chi connectivity index (χ3n) is 7.24. The minimum absolute atomic E-state index is 0.0179. The van der Waals surface area contributed by atoms with Crippen LogP contribution in [0.4, 0.5) is 0 Å². The minimum atomic E-state index is -0.475. The van der Waals surface area contributed by atoms with Gasteiger partial charge in [0.25, 0.3) is 0 Å². The van der Waals surface area contributed by atoms with Crippen molar-refractivity contribution in [2.75, 3.05) is 0 Å². The summed E-state index contributed by atoms with van der Waals surface area (Å²) in [5.74, 6) is 0.0934. The third-order valence-corrected chi connectivity index (χ3v) is 7.24. The van der Waals surface area contributed by atoms with Crippen molar-refractivity contribution >= 4 is 12.1 Å². The number of carbonyl (C=O) groups excluding carboxylic acids is 2. The molecule has 3 atom stereocenters. The van der Waals surface area contributed by atoms with Crippen LogP contribution in [0.15, 0.2) is 0 Å². The van der Waals surface area contributed by atoms with Gasteiger partial charge in [-0.05, 0) is 50.9 Å². The fourth-order valence-corrected chi connectivity index (χ4v) is 5.78. The number of aldehydes is 1. The maximum atomic E-state index is 11.8. The zero-order valence-electron chi connectivity index (χ0n) is 14.9. The van der Waals surface area contributed by atoms with Crippen molar-refractivity contribution in [1.29, 1.82) is 0 Å². The second-order valence-corrected chi connectivity index (χ2v) is 8.39. The van der Waals surface area contributed by atoms with Crippen molar-refractivity contribution in [3.8, 4) is 17.2 Å². The van der Waals surface area contributed by atoms with Crippen LogP contribution >= 0.6 is 0 Å². The van der Waals surface area contributed by atoms with E-state index in [0.717, 1.165) is 19.3 Å². The number of benzene rings is 1. The molecule has 2 saturated carbocycles. The third kappa shape index (κ3) is 1.84. The van der Waals surface area contributed by atoms with Gasteiger partial charge >= 0.3 is 0 Å². The Bertz CT molecular complexity index is 794. The van der Waals surface area contributed by atoms with Crippen LogP contribution in [0.2, 0.25) is 0 Å². The Labute approximate surface area is 147 Å². The number of Topliss-reactive ketones (excluding diaryl/α,β-unsaturated/α-hetero) is 1.